The van der Waals surface area contributed by atoms with Gasteiger partial charge >= 0.3 is 0 Å². The third-order valence-corrected chi connectivity index (χ3v) is 2.69. The first kappa shape index (κ1) is 11.2. The molecule has 0 aromatic heterocycles. The molecular weight excluding hydrogens is 210 g/mol. The number of amidine groups is 1. The third-order valence-electron chi connectivity index (χ3n) is 2.69. The Balaban J connectivity index is 2.40. The fourth-order valence-electron chi connectivity index (χ4n) is 1.65. The summed E-state index contributed by atoms with van der Waals surface area (Å²) in [4.78, 5) is 0. The SMILES string of the molecule is C/C(=C/N)C(=N)Nc1cccc2ccccc12. The number of nitrogens with one attached hydrogen (secondary N) is 2. The number of benzene rings is 2. The van der Waals surface area contributed by atoms with Crippen molar-refractivity contribution in [3.8, 4) is 0 Å². The predicted octanol–water partition coefficient (Wildman–Crippen LogP) is 3.09. The first-order valence-corrected chi connectivity index (χ1v) is 5.44. The highest BCUT2D eigenvalue weighted by Gasteiger charge is 2.03. The third kappa shape index (κ3) is 2.28. The lowest BCUT2D eigenvalue weighted by Crippen LogP contribution is -2.12. The zero-order chi connectivity index (χ0) is 12.3. The van der Waals surface area contributed by atoms with Gasteiger partial charge in [0.2, 0.25) is 0 Å². The van der Waals surface area contributed by atoms with Crippen molar-refractivity contribution in [1.29, 1.82) is 5.41 Å². The second-order valence-electron chi connectivity index (χ2n) is 3.88. The Kier molecular flexibility index (Phi) is 3.10. The highest BCUT2D eigenvalue weighted by atomic mass is 14.9. The average Bonchev–Trinajstić information content (AvgIpc) is 2.38. The standard InChI is InChI=1S/C14H15N3/c1-10(9-15)14(16)17-13-8-4-6-11-5-2-3-7-12(11)13/h2-9H,15H2,1H3,(H2,16,17)/b10-9-. The maximum absolute atomic E-state index is 7.85. The van der Waals surface area contributed by atoms with Gasteiger partial charge in [0, 0.05) is 22.8 Å². The van der Waals surface area contributed by atoms with Gasteiger partial charge in [-0.05, 0) is 18.4 Å². The van der Waals surface area contributed by atoms with Crippen molar-refractivity contribution >= 4 is 22.3 Å². The maximum atomic E-state index is 7.85. The summed E-state index contributed by atoms with van der Waals surface area (Å²) in [5.41, 5.74) is 7.04. The largest absolute Gasteiger partial charge is 0.404 e. The van der Waals surface area contributed by atoms with Crippen LogP contribution in [0.25, 0.3) is 10.8 Å². The Hall–Kier alpha value is -2.29. The van der Waals surface area contributed by atoms with E-state index in [0.29, 0.717) is 5.84 Å². The summed E-state index contributed by atoms with van der Waals surface area (Å²) in [6.45, 7) is 1.81. The van der Waals surface area contributed by atoms with Gasteiger partial charge in [-0.15, -0.1) is 0 Å². The molecule has 0 saturated heterocycles. The number of anilines is 1. The number of hydrogen-bond acceptors (Lipinski definition) is 2. The number of rotatable bonds is 2. The quantitative estimate of drug-likeness (QED) is 0.543. The summed E-state index contributed by atoms with van der Waals surface area (Å²) in [6, 6.07) is 14.1. The van der Waals surface area contributed by atoms with Gasteiger partial charge in [-0.1, -0.05) is 36.4 Å². The van der Waals surface area contributed by atoms with Crippen molar-refractivity contribution in [3.05, 3.63) is 54.2 Å². The Labute approximate surface area is 100 Å². The van der Waals surface area contributed by atoms with Gasteiger partial charge in [-0.25, -0.2) is 0 Å². The summed E-state index contributed by atoms with van der Waals surface area (Å²) >= 11 is 0. The molecule has 0 radical (unpaired) electrons. The minimum absolute atomic E-state index is 0.323. The first-order chi connectivity index (χ1) is 8.22. The molecule has 0 amide bonds. The summed E-state index contributed by atoms with van der Waals surface area (Å²) < 4.78 is 0. The van der Waals surface area contributed by atoms with E-state index in [1.165, 1.54) is 6.20 Å². The van der Waals surface area contributed by atoms with E-state index in [4.69, 9.17) is 11.1 Å². The second-order valence-corrected chi connectivity index (χ2v) is 3.88. The fraction of sp³-hybridized carbons (Fsp3) is 0.0714. The number of fused-ring (bicyclic) bond motifs is 1. The topological polar surface area (TPSA) is 61.9 Å². The van der Waals surface area contributed by atoms with Gasteiger partial charge in [0.1, 0.15) is 5.84 Å². The van der Waals surface area contributed by atoms with Crippen LogP contribution in [0.2, 0.25) is 0 Å². The smallest absolute Gasteiger partial charge is 0.126 e. The lowest BCUT2D eigenvalue weighted by Gasteiger charge is -2.10. The van der Waals surface area contributed by atoms with E-state index in [1.54, 1.807) is 6.92 Å². The molecule has 2 aromatic rings. The zero-order valence-corrected chi connectivity index (χ0v) is 9.70. The Morgan fingerprint density at radius 1 is 1.18 bits per heavy atom. The molecule has 0 aliphatic carbocycles. The molecule has 0 saturated carbocycles. The molecule has 0 heterocycles. The van der Waals surface area contributed by atoms with Crippen molar-refractivity contribution in [2.75, 3.05) is 5.32 Å². The highest BCUT2D eigenvalue weighted by Crippen LogP contribution is 2.23. The summed E-state index contributed by atoms with van der Waals surface area (Å²) in [5.74, 6) is 0.323. The molecule has 3 heteroatoms. The van der Waals surface area contributed by atoms with Crippen LogP contribution in [0.15, 0.2) is 54.2 Å². The van der Waals surface area contributed by atoms with Crippen LogP contribution in [0.4, 0.5) is 5.69 Å². The molecule has 0 unspecified atom stereocenters. The summed E-state index contributed by atoms with van der Waals surface area (Å²) in [6.07, 6.45) is 1.43. The van der Waals surface area contributed by atoms with Crippen LogP contribution in [-0.2, 0) is 0 Å². The van der Waals surface area contributed by atoms with Crippen LogP contribution in [0, 0.1) is 5.41 Å². The van der Waals surface area contributed by atoms with Gasteiger partial charge in [0.05, 0.1) is 0 Å². The van der Waals surface area contributed by atoms with Gasteiger partial charge in [-0.3, -0.25) is 5.41 Å². The van der Waals surface area contributed by atoms with Crippen LogP contribution < -0.4 is 11.1 Å². The van der Waals surface area contributed by atoms with Crippen molar-refractivity contribution in [1.82, 2.24) is 0 Å². The lowest BCUT2D eigenvalue weighted by atomic mass is 10.1. The molecule has 2 aromatic carbocycles. The van der Waals surface area contributed by atoms with Gasteiger partial charge < -0.3 is 11.1 Å². The van der Waals surface area contributed by atoms with E-state index in [1.807, 2.05) is 30.3 Å². The highest BCUT2D eigenvalue weighted by molar-refractivity contribution is 6.09. The van der Waals surface area contributed by atoms with Crippen molar-refractivity contribution in [3.63, 3.8) is 0 Å². The van der Waals surface area contributed by atoms with Crippen LogP contribution >= 0.6 is 0 Å². The molecule has 3 nitrogen and oxygen atoms in total. The van der Waals surface area contributed by atoms with Crippen LogP contribution in [0.1, 0.15) is 6.92 Å². The summed E-state index contributed by atoms with van der Waals surface area (Å²) in [7, 11) is 0. The van der Waals surface area contributed by atoms with E-state index in [2.05, 4.69) is 17.4 Å². The van der Waals surface area contributed by atoms with E-state index in [9.17, 15) is 0 Å². The zero-order valence-electron chi connectivity index (χ0n) is 9.70. The minimum atomic E-state index is 0.323. The molecular formula is C14H15N3. The Morgan fingerprint density at radius 3 is 2.65 bits per heavy atom. The van der Waals surface area contributed by atoms with E-state index >= 15 is 0 Å². The second kappa shape index (κ2) is 4.70. The summed E-state index contributed by atoms with van der Waals surface area (Å²) in [5, 5.41) is 13.2. The fourth-order valence-corrected chi connectivity index (χ4v) is 1.65. The van der Waals surface area contributed by atoms with Crippen LogP contribution in [-0.4, -0.2) is 5.84 Å². The predicted molar refractivity (Wildman–Crippen MR) is 73.2 cm³/mol. The minimum Gasteiger partial charge on any atom is -0.404 e. The van der Waals surface area contributed by atoms with Gasteiger partial charge in [-0.2, -0.15) is 0 Å². The molecule has 0 bridgehead atoms. The van der Waals surface area contributed by atoms with Crippen molar-refractivity contribution in [2.24, 2.45) is 5.73 Å². The first-order valence-electron chi connectivity index (χ1n) is 5.44. The van der Waals surface area contributed by atoms with E-state index < -0.39 is 0 Å². The molecule has 17 heavy (non-hydrogen) atoms. The van der Waals surface area contributed by atoms with E-state index in [-0.39, 0.29) is 0 Å². The molecule has 0 atom stereocenters. The molecule has 4 N–H and O–H groups in total. The van der Waals surface area contributed by atoms with Crippen molar-refractivity contribution < 1.29 is 0 Å². The van der Waals surface area contributed by atoms with E-state index in [0.717, 1.165) is 22.0 Å². The molecule has 0 aliphatic rings. The van der Waals surface area contributed by atoms with Crippen molar-refractivity contribution in [2.45, 2.75) is 6.92 Å². The maximum Gasteiger partial charge on any atom is 0.126 e. The average molecular weight is 225 g/mol. The monoisotopic (exact) mass is 225 g/mol. The number of hydrogen-bond donors (Lipinski definition) is 3. The lowest BCUT2D eigenvalue weighted by molar-refractivity contribution is 1.38. The van der Waals surface area contributed by atoms with Gasteiger partial charge in [0.15, 0.2) is 0 Å². The molecule has 0 fully saturated rings. The number of nitrogens with two attached hydrogens (primary N) is 1. The Bertz CT molecular complexity index is 580. The van der Waals surface area contributed by atoms with Crippen LogP contribution in [0.3, 0.4) is 0 Å². The molecule has 0 aliphatic heterocycles. The Morgan fingerprint density at radius 2 is 1.88 bits per heavy atom. The van der Waals surface area contributed by atoms with Crippen LogP contribution in [0.5, 0.6) is 0 Å². The normalized spacial score (nSPS) is 11.5. The molecule has 0 spiro atoms. The molecule has 86 valence electrons. The molecule has 2 rings (SSSR count). The van der Waals surface area contributed by atoms with Gasteiger partial charge in [0.25, 0.3) is 0 Å².